The molecule has 1 amide bonds. The van der Waals surface area contributed by atoms with E-state index in [1.165, 1.54) is 11.1 Å². The third kappa shape index (κ3) is 1.87. The molecule has 1 N–H and O–H groups in total. The van der Waals surface area contributed by atoms with Gasteiger partial charge in [-0.25, -0.2) is 0 Å². The highest BCUT2D eigenvalue weighted by molar-refractivity contribution is 5.85. The quantitative estimate of drug-likeness (QED) is 0.894. The Morgan fingerprint density at radius 1 is 1.20 bits per heavy atom. The molecule has 3 nitrogen and oxygen atoms in total. The first kappa shape index (κ1) is 12.4. The molecule has 1 aromatic carbocycles. The van der Waals surface area contributed by atoms with Gasteiger partial charge in [-0.15, -0.1) is 0 Å². The Hall–Kier alpha value is -1.35. The molecule has 1 heterocycles. The van der Waals surface area contributed by atoms with Gasteiger partial charge in [0.15, 0.2) is 0 Å². The number of amides is 1. The minimum atomic E-state index is -0.566. The summed E-state index contributed by atoms with van der Waals surface area (Å²) in [6.45, 7) is 1.10. The molecule has 1 unspecified atom stereocenters. The smallest absolute Gasteiger partial charge is 0.230 e. The topological polar surface area (TPSA) is 40.5 Å². The molecule has 0 radical (unpaired) electrons. The molecule has 0 bridgehead atoms. The molecule has 1 aromatic rings. The third-order valence-electron chi connectivity index (χ3n) is 5.25. The van der Waals surface area contributed by atoms with Gasteiger partial charge in [-0.1, -0.05) is 24.3 Å². The highest BCUT2D eigenvalue weighted by atomic mass is 16.3. The summed E-state index contributed by atoms with van der Waals surface area (Å²) in [6.07, 6.45) is 5.39. The maximum atomic E-state index is 12.7. The van der Waals surface area contributed by atoms with E-state index in [0.29, 0.717) is 19.0 Å². The Bertz CT molecular complexity index is 544. The summed E-state index contributed by atoms with van der Waals surface area (Å²) in [7, 11) is 0. The van der Waals surface area contributed by atoms with Crippen LogP contribution in [-0.2, 0) is 11.2 Å². The zero-order valence-electron chi connectivity index (χ0n) is 11.7. The Labute approximate surface area is 119 Å². The van der Waals surface area contributed by atoms with Crippen LogP contribution in [0.4, 0.5) is 0 Å². The second kappa shape index (κ2) is 4.32. The SMILES string of the molecule is O=C(C1CCCc2ccccc21)N1CC(O)(C2CC2)C1. The highest BCUT2D eigenvalue weighted by Gasteiger charge is 2.54. The van der Waals surface area contributed by atoms with E-state index in [2.05, 4.69) is 18.2 Å². The van der Waals surface area contributed by atoms with Gasteiger partial charge in [0.1, 0.15) is 5.60 Å². The Morgan fingerprint density at radius 3 is 2.70 bits per heavy atom. The number of nitrogens with zero attached hydrogens (tertiary/aromatic N) is 1. The Balaban J connectivity index is 1.50. The number of benzene rings is 1. The van der Waals surface area contributed by atoms with E-state index in [4.69, 9.17) is 0 Å². The molecule has 2 fully saturated rings. The molecule has 3 heteroatoms. The van der Waals surface area contributed by atoms with E-state index < -0.39 is 5.60 Å². The lowest BCUT2D eigenvalue weighted by Gasteiger charge is -2.48. The van der Waals surface area contributed by atoms with Crippen molar-refractivity contribution in [1.82, 2.24) is 4.90 Å². The number of hydrogen-bond donors (Lipinski definition) is 1. The van der Waals surface area contributed by atoms with Crippen LogP contribution in [0.2, 0.25) is 0 Å². The van der Waals surface area contributed by atoms with Crippen LogP contribution < -0.4 is 0 Å². The molecule has 0 aromatic heterocycles. The zero-order valence-corrected chi connectivity index (χ0v) is 11.7. The Morgan fingerprint density at radius 2 is 1.95 bits per heavy atom. The van der Waals surface area contributed by atoms with E-state index in [-0.39, 0.29) is 11.8 Å². The number of aryl methyl sites for hydroxylation is 1. The fraction of sp³-hybridized carbons (Fsp3) is 0.588. The number of carbonyl (C=O) groups excluding carboxylic acids is 1. The average molecular weight is 271 g/mol. The number of β-amino-alcohol motifs (C(OH)–C–C–N with tert-alkyl or cyclic N) is 1. The van der Waals surface area contributed by atoms with Crippen molar-refractivity contribution >= 4 is 5.91 Å². The first-order valence-corrected chi connectivity index (χ1v) is 7.76. The second-order valence-corrected chi connectivity index (χ2v) is 6.72. The van der Waals surface area contributed by atoms with Gasteiger partial charge in [-0.3, -0.25) is 4.79 Å². The molecule has 1 saturated carbocycles. The van der Waals surface area contributed by atoms with Crippen molar-refractivity contribution < 1.29 is 9.90 Å². The second-order valence-electron chi connectivity index (χ2n) is 6.72. The van der Waals surface area contributed by atoms with Crippen LogP contribution in [0.5, 0.6) is 0 Å². The number of aliphatic hydroxyl groups is 1. The summed E-state index contributed by atoms with van der Waals surface area (Å²) in [5.41, 5.74) is 1.98. The fourth-order valence-electron chi connectivity index (χ4n) is 3.88. The normalized spacial score (nSPS) is 27.6. The molecule has 0 spiro atoms. The molecule has 20 heavy (non-hydrogen) atoms. The number of hydrogen-bond acceptors (Lipinski definition) is 2. The maximum absolute atomic E-state index is 12.7. The number of carbonyl (C=O) groups is 1. The number of fused-ring (bicyclic) bond motifs is 1. The van der Waals surface area contributed by atoms with Gasteiger partial charge in [0.25, 0.3) is 0 Å². The van der Waals surface area contributed by atoms with Crippen LogP contribution in [0, 0.1) is 5.92 Å². The maximum Gasteiger partial charge on any atom is 0.230 e. The van der Waals surface area contributed by atoms with Gasteiger partial charge in [-0.05, 0) is 49.1 Å². The molecular weight excluding hydrogens is 250 g/mol. The monoisotopic (exact) mass is 271 g/mol. The summed E-state index contributed by atoms with van der Waals surface area (Å²) in [4.78, 5) is 14.6. The molecule has 1 atom stereocenters. The van der Waals surface area contributed by atoms with Gasteiger partial charge < -0.3 is 10.0 Å². The van der Waals surface area contributed by atoms with Gasteiger partial charge in [0.2, 0.25) is 5.91 Å². The molecule has 106 valence electrons. The first-order chi connectivity index (χ1) is 9.67. The van der Waals surface area contributed by atoms with Crippen LogP contribution in [0.25, 0.3) is 0 Å². The fourth-order valence-corrected chi connectivity index (χ4v) is 3.88. The summed E-state index contributed by atoms with van der Waals surface area (Å²) in [6, 6.07) is 8.33. The standard InChI is InChI=1S/C17H21NO2/c19-16(18-10-17(20,11-18)13-8-9-13)15-7-3-5-12-4-1-2-6-14(12)15/h1-2,4,6,13,15,20H,3,5,7-11H2. The average Bonchev–Trinajstić information content (AvgIpc) is 3.27. The largest absolute Gasteiger partial charge is 0.386 e. The minimum absolute atomic E-state index is 0.0173. The predicted octanol–water partition coefficient (Wildman–Crippen LogP) is 2.09. The van der Waals surface area contributed by atoms with Gasteiger partial charge in [0, 0.05) is 0 Å². The number of rotatable bonds is 2. The molecule has 3 aliphatic rings. The van der Waals surface area contributed by atoms with Crippen molar-refractivity contribution in [3.8, 4) is 0 Å². The molecule has 2 aliphatic carbocycles. The predicted molar refractivity (Wildman–Crippen MR) is 76.4 cm³/mol. The summed E-state index contributed by atoms with van der Waals surface area (Å²) in [5.74, 6) is 0.691. The van der Waals surface area contributed by atoms with Crippen LogP contribution in [0.1, 0.15) is 42.7 Å². The number of likely N-dealkylation sites (tertiary alicyclic amines) is 1. The van der Waals surface area contributed by atoms with Crippen LogP contribution in [0.3, 0.4) is 0 Å². The van der Waals surface area contributed by atoms with Crippen molar-refractivity contribution in [3.63, 3.8) is 0 Å². The minimum Gasteiger partial charge on any atom is -0.386 e. The van der Waals surface area contributed by atoms with E-state index in [9.17, 15) is 9.90 Å². The van der Waals surface area contributed by atoms with E-state index in [1.54, 1.807) is 0 Å². The van der Waals surface area contributed by atoms with Crippen LogP contribution in [0.15, 0.2) is 24.3 Å². The third-order valence-corrected chi connectivity index (χ3v) is 5.25. The lowest BCUT2D eigenvalue weighted by molar-refractivity contribution is -0.161. The lowest BCUT2D eigenvalue weighted by Crippen LogP contribution is -2.65. The zero-order chi connectivity index (χ0) is 13.7. The molecule has 1 aliphatic heterocycles. The first-order valence-electron chi connectivity index (χ1n) is 7.76. The van der Waals surface area contributed by atoms with E-state index >= 15 is 0 Å². The molecular formula is C17H21NO2. The van der Waals surface area contributed by atoms with Gasteiger partial charge in [-0.2, -0.15) is 0 Å². The summed E-state index contributed by atoms with van der Waals surface area (Å²) in [5, 5.41) is 10.4. The molecule has 4 rings (SSSR count). The van der Waals surface area contributed by atoms with E-state index in [0.717, 1.165) is 32.1 Å². The van der Waals surface area contributed by atoms with Crippen LogP contribution in [-0.4, -0.2) is 34.6 Å². The van der Waals surface area contributed by atoms with Gasteiger partial charge in [0.05, 0.1) is 19.0 Å². The van der Waals surface area contributed by atoms with E-state index in [1.807, 2.05) is 11.0 Å². The van der Waals surface area contributed by atoms with Gasteiger partial charge >= 0.3 is 0 Å². The lowest BCUT2D eigenvalue weighted by atomic mass is 9.80. The van der Waals surface area contributed by atoms with Crippen molar-refractivity contribution in [2.45, 2.75) is 43.6 Å². The van der Waals surface area contributed by atoms with Crippen molar-refractivity contribution in [2.75, 3.05) is 13.1 Å². The van der Waals surface area contributed by atoms with Crippen LogP contribution >= 0.6 is 0 Å². The van der Waals surface area contributed by atoms with Crippen molar-refractivity contribution in [3.05, 3.63) is 35.4 Å². The summed E-state index contributed by atoms with van der Waals surface area (Å²) < 4.78 is 0. The molecule has 1 saturated heterocycles. The van der Waals surface area contributed by atoms with Crippen molar-refractivity contribution in [2.24, 2.45) is 5.92 Å². The van der Waals surface area contributed by atoms with Crippen molar-refractivity contribution in [1.29, 1.82) is 0 Å². The highest BCUT2D eigenvalue weighted by Crippen LogP contribution is 2.45. The Kier molecular flexibility index (Phi) is 2.68. The summed E-state index contributed by atoms with van der Waals surface area (Å²) >= 11 is 0.